The van der Waals surface area contributed by atoms with Gasteiger partial charge in [0.25, 0.3) is 0 Å². The van der Waals surface area contributed by atoms with E-state index in [2.05, 4.69) is 27.3 Å². The number of nitrogens with zero attached hydrogens (tertiary/aromatic N) is 3. The number of halogens is 3. The highest BCUT2D eigenvalue weighted by Gasteiger charge is 2.22. The third-order valence-corrected chi connectivity index (χ3v) is 4.90. The van der Waals surface area contributed by atoms with E-state index in [-0.39, 0.29) is 24.0 Å². The number of aliphatic imine (C=N–C) groups is 1. The number of piperazine rings is 1. The molecule has 0 radical (unpaired) electrons. The van der Waals surface area contributed by atoms with Crippen LogP contribution in [0.3, 0.4) is 0 Å². The minimum absolute atomic E-state index is 0. The number of hydrogen-bond donors (Lipinski definition) is 1. The molecule has 0 aliphatic carbocycles. The first-order chi connectivity index (χ1) is 13.6. The second-order valence-corrected chi connectivity index (χ2v) is 6.67. The van der Waals surface area contributed by atoms with Crippen molar-refractivity contribution in [2.75, 3.05) is 45.2 Å². The molecule has 8 heteroatoms. The summed E-state index contributed by atoms with van der Waals surface area (Å²) >= 11 is 0. The molecule has 0 bridgehead atoms. The molecule has 0 aromatic heterocycles. The smallest absolute Gasteiger partial charge is 0.194 e. The van der Waals surface area contributed by atoms with E-state index < -0.39 is 11.6 Å². The molecular weight excluding hydrogens is 489 g/mol. The lowest BCUT2D eigenvalue weighted by Crippen LogP contribution is -2.52. The monoisotopic (exact) mass is 516 g/mol. The van der Waals surface area contributed by atoms with E-state index in [1.165, 1.54) is 12.1 Å². The second kappa shape index (κ2) is 11.3. The third-order valence-electron chi connectivity index (χ3n) is 4.90. The van der Waals surface area contributed by atoms with E-state index in [0.29, 0.717) is 45.0 Å². The van der Waals surface area contributed by atoms with Gasteiger partial charge in [0.1, 0.15) is 11.6 Å². The highest BCUT2D eigenvalue weighted by Crippen LogP contribution is 2.22. The summed E-state index contributed by atoms with van der Waals surface area (Å²) in [6.45, 7) is 3.76. The van der Waals surface area contributed by atoms with Crippen molar-refractivity contribution in [3.63, 3.8) is 0 Å². The highest BCUT2D eigenvalue weighted by atomic mass is 127. The summed E-state index contributed by atoms with van der Waals surface area (Å²) in [5.41, 5.74) is 2.61. The second-order valence-electron chi connectivity index (χ2n) is 6.67. The Morgan fingerprint density at radius 2 is 1.76 bits per heavy atom. The van der Waals surface area contributed by atoms with Crippen LogP contribution < -0.4 is 10.2 Å². The van der Waals surface area contributed by atoms with Gasteiger partial charge in [0, 0.05) is 52.9 Å². The molecule has 1 N–H and O–H groups in total. The first-order valence-electron chi connectivity index (χ1n) is 9.33. The fraction of sp³-hybridized carbons (Fsp3) is 0.381. The van der Waals surface area contributed by atoms with Crippen LogP contribution in [0.15, 0.2) is 47.5 Å². The van der Waals surface area contributed by atoms with Gasteiger partial charge in [-0.25, -0.2) is 8.78 Å². The van der Waals surface area contributed by atoms with Crippen molar-refractivity contribution in [3.8, 4) is 0 Å². The maximum absolute atomic E-state index is 14.0. The Morgan fingerprint density at radius 3 is 2.41 bits per heavy atom. The molecule has 1 fully saturated rings. The van der Waals surface area contributed by atoms with Gasteiger partial charge < -0.3 is 19.9 Å². The number of benzene rings is 2. The molecule has 0 unspecified atom stereocenters. The average Bonchev–Trinajstić information content (AvgIpc) is 2.72. The standard InChI is InChI=1S/C21H26F2N4O.HI/c1-24-21(25-14-16-5-3-4-6-17(16)15-28-2)27-11-9-26(10-12-27)20-13-18(22)7-8-19(20)23;/h3-8,13H,9-12,14-15H2,1-2H3,(H,24,25);1H. The quantitative estimate of drug-likeness (QED) is 0.375. The molecule has 0 amide bonds. The Morgan fingerprint density at radius 1 is 1.07 bits per heavy atom. The van der Waals surface area contributed by atoms with E-state index in [9.17, 15) is 8.78 Å². The number of anilines is 1. The lowest BCUT2D eigenvalue weighted by atomic mass is 10.1. The van der Waals surface area contributed by atoms with Crippen molar-refractivity contribution in [2.45, 2.75) is 13.2 Å². The van der Waals surface area contributed by atoms with Crippen LogP contribution in [-0.4, -0.2) is 51.2 Å². The van der Waals surface area contributed by atoms with Crippen LogP contribution in [-0.2, 0) is 17.9 Å². The maximum Gasteiger partial charge on any atom is 0.194 e. The van der Waals surface area contributed by atoms with Gasteiger partial charge in [0.05, 0.1) is 12.3 Å². The molecule has 1 saturated heterocycles. The van der Waals surface area contributed by atoms with E-state index in [1.807, 2.05) is 17.0 Å². The number of guanidine groups is 1. The van der Waals surface area contributed by atoms with Gasteiger partial charge in [-0.3, -0.25) is 4.99 Å². The van der Waals surface area contributed by atoms with Crippen molar-refractivity contribution >= 4 is 35.6 Å². The van der Waals surface area contributed by atoms with Gasteiger partial charge in [-0.2, -0.15) is 0 Å². The number of hydrogen-bond acceptors (Lipinski definition) is 3. The van der Waals surface area contributed by atoms with Crippen LogP contribution in [0.4, 0.5) is 14.5 Å². The first-order valence-corrected chi connectivity index (χ1v) is 9.33. The van der Waals surface area contributed by atoms with Gasteiger partial charge in [-0.05, 0) is 23.3 Å². The molecule has 0 spiro atoms. The Bertz CT molecular complexity index is 826. The van der Waals surface area contributed by atoms with Crippen molar-refractivity contribution < 1.29 is 13.5 Å². The van der Waals surface area contributed by atoms with E-state index in [0.717, 1.165) is 23.2 Å². The van der Waals surface area contributed by atoms with Gasteiger partial charge >= 0.3 is 0 Å². The Kier molecular flexibility index (Phi) is 9.09. The molecule has 1 heterocycles. The van der Waals surface area contributed by atoms with E-state index >= 15 is 0 Å². The molecule has 2 aromatic rings. The zero-order valence-electron chi connectivity index (χ0n) is 16.7. The zero-order valence-corrected chi connectivity index (χ0v) is 19.0. The van der Waals surface area contributed by atoms with E-state index in [1.54, 1.807) is 14.2 Å². The summed E-state index contributed by atoms with van der Waals surface area (Å²) in [6, 6.07) is 11.7. The van der Waals surface area contributed by atoms with Crippen LogP contribution in [0, 0.1) is 11.6 Å². The van der Waals surface area contributed by atoms with Crippen LogP contribution in [0.5, 0.6) is 0 Å². The van der Waals surface area contributed by atoms with Crippen molar-refractivity contribution in [3.05, 3.63) is 65.2 Å². The molecule has 0 saturated carbocycles. The molecular formula is C21H27F2IN4O. The van der Waals surface area contributed by atoms with Crippen LogP contribution in [0.25, 0.3) is 0 Å². The van der Waals surface area contributed by atoms with Crippen LogP contribution >= 0.6 is 24.0 Å². The molecule has 158 valence electrons. The maximum atomic E-state index is 14.0. The minimum Gasteiger partial charge on any atom is -0.380 e. The largest absolute Gasteiger partial charge is 0.380 e. The molecule has 5 nitrogen and oxygen atoms in total. The molecule has 3 rings (SSSR count). The highest BCUT2D eigenvalue weighted by molar-refractivity contribution is 14.0. The third kappa shape index (κ3) is 6.02. The fourth-order valence-electron chi connectivity index (χ4n) is 3.42. The Labute approximate surface area is 187 Å². The normalized spacial score (nSPS) is 14.6. The Hall–Kier alpha value is -1.94. The minimum atomic E-state index is -0.425. The van der Waals surface area contributed by atoms with E-state index in [4.69, 9.17) is 4.74 Å². The predicted molar refractivity (Wildman–Crippen MR) is 123 cm³/mol. The molecule has 29 heavy (non-hydrogen) atoms. The summed E-state index contributed by atoms with van der Waals surface area (Å²) in [5.74, 6) is -0.0234. The molecule has 1 aliphatic rings. The van der Waals surface area contributed by atoms with Crippen molar-refractivity contribution in [2.24, 2.45) is 4.99 Å². The van der Waals surface area contributed by atoms with Gasteiger partial charge in [-0.15, -0.1) is 24.0 Å². The fourth-order valence-corrected chi connectivity index (χ4v) is 3.42. The molecule has 0 atom stereocenters. The Balaban J connectivity index is 0.00000300. The number of rotatable bonds is 5. The van der Waals surface area contributed by atoms with Gasteiger partial charge in [-0.1, -0.05) is 24.3 Å². The predicted octanol–water partition coefficient (Wildman–Crippen LogP) is 3.63. The van der Waals surface area contributed by atoms with Crippen LogP contribution in [0.2, 0.25) is 0 Å². The number of methoxy groups -OCH3 is 1. The van der Waals surface area contributed by atoms with Gasteiger partial charge in [0.15, 0.2) is 5.96 Å². The lowest BCUT2D eigenvalue weighted by Gasteiger charge is -2.37. The lowest BCUT2D eigenvalue weighted by molar-refractivity contribution is 0.184. The zero-order chi connectivity index (χ0) is 19.9. The molecule has 1 aliphatic heterocycles. The summed E-state index contributed by atoms with van der Waals surface area (Å²) < 4.78 is 32.7. The van der Waals surface area contributed by atoms with Crippen LogP contribution in [0.1, 0.15) is 11.1 Å². The number of nitrogens with one attached hydrogen (secondary N) is 1. The number of ether oxygens (including phenoxy) is 1. The topological polar surface area (TPSA) is 40.1 Å². The van der Waals surface area contributed by atoms with Gasteiger partial charge in [0.2, 0.25) is 0 Å². The summed E-state index contributed by atoms with van der Waals surface area (Å²) in [4.78, 5) is 8.38. The average molecular weight is 516 g/mol. The summed E-state index contributed by atoms with van der Waals surface area (Å²) in [6.07, 6.45) is 0. The SMILES string of the molecule is CN=C(NCc1ccccc1COC)N1CCN(c2cc(F)ccc2F)CC1.I. The molecule has 2 aromatic carbocycles. The summed E-state index contributed by atoms with van der Waals surface area (Å²) in [5, 5.41) is 3.40. The van der Waals surface area contributed by atoms with Crippen molar-refractivity contribution in [1.82, 2.24) is 10.2 Å². The first kappa shape index (κ1) is 23.3. The summed E-state index contributed by atoms with van der Waals surface area (Å²) in [7, 11) is 3.44. The van der Waals surface area contributed by atoms with Crippen molar-refractivity contribution in [1.29, 1.82) is 0 Å².